The molecule has 2 N–H and O–H groups in total. The van der Waals surface area contributed by atoms with Crippen LogP contribution in [0.1, 0.15) is 0 Å². The molecule has 0 bridgehead atoms. The van der Waals surface area contributed by atoms with E-state index in [1.54, 1.807) is 0 Å². The van der Waals surface area contributed by atoms with Crippen molar-refractivity contribution in [2.45, 2.75) is 0 Å². The van der Waals surface area contributed by atoms with Gasteiger partial charge in [0.05, 0.1) is 0 Å². The predicted octanol–water partition coefficient (Wildman–Crippen LogP) is 0.795. The lowest BCUT2D eigenvalue weighted by Crippen LogP contribution is -1.87. The van der Waals surface area contributed by atoms with Crippen LogP contribution in [0, 0.1) is 0 Å². The summed E-state index contributed by atoms with van der Waals surface area (Å²) in [6.45, 7) is 0. The standard InChI is InChI=1S/C2H2N2O4/c5-1(6)3-4-2(7)8/h(H,5,6)(H,7,8)/i/hD. The minimum Gasteiger partial charge on any atom is -0.462 e. The molecular formula is C2H2N2O4. The zero-order valence-electron chi connectivity index (χ0n) is 4.57. The van der Waals surface area contributed by atoms with Gasteiger partial charge in [0.1, 0.15) is 0 Å². The molecule has 0 saturated carbocycles. The molecule has 44 valence electrons. The Bertz CT molecular complexity index is 155. The fourth-order valence-electron chi connectivity index (χ4n) is 0.0836. The van der Waals surface area contributed by atoms with Crippen LogP contribution in [0.25, 0.3) is 1.43 Å². The Morgan fingerprint density at radius 3 is 2.25 bits per heavy atom. The van der Waals surface area contributed by atoms with Crippen LogP contribution >= 0.6 is 0 Å². The number of amides is 2. The van der Waals surface area contributed by atoms with Crippen LogP contribution in [-0.4, -0.2) is 22.4 Å². The molecule has 0 aliphatic carbocycles. The first-order valence-corrected chi connectivity index (χ1v) is 1.48. The van der Waals surface area contributed by atoms with Crippen LogP contribution in [-0.2, 0) is 0 Å². The van der Waals surface area contributed by atoms with Crippen LogP contribution in [0.3, 0.4) is 0 Å². The van der Waals surface area contributed by atoms with Gasteiger partial charge < -0.3 is 10.2 Å². The minimum absolute atomic E-state index is 1.36. The van der Waals surface area contributed by atoms with Crippen molar-refractivity contribution in [1.82, 2.24) is 0 Å². The summed E-state index contributed by atoms with van der Waals surface area (Å²) in [6, 6.07) is 0. The van der Waals surface area contributed by atoms with Crippen molar-refractivity contribution in [1.29, 1.82) is 1.43 Å². The fourth-order valence-corrected chi connectivity index (χ4v) is 0.0836. The molecule has 6 nitrogen and oxygen atoms in total. The number of rotatable bonds is 0. The van der Waals surface area contributed by atoms with Crippen LogP contribution in [0.15, 0.2) is 10.2 Å². The molecule has 0 fully saturated rings. The van der Waals surface area contributed by atoms with E-state index in [2.05, 4.69) is 15.3 Å². The number of nitrogens with zero attached hydrogens (tertiary/aromatic N) is 2. The highest BCUT2D eigenvalue weighted by atomic mass is 16.4. The maximum atomic E-state index is 9.78. The Balaban J connectivity index is 3.71. The summed E-state index contributed by atoms with van der Waals surface area (Å²) in [5, 5.41) is 15.7. The molecule has 0 spiro atoms. The second-order valence-electron chi connectivity index (χ2n) is 0.748. The molecule has 0 aliphatic heterocycles. The van der Waals surface area contributed by atoms with E-state index in [4.69, 9.17) is 6.54 Å². The van der Waals surface area contributed by atoms with Gasteiger partial charge in [-0.15, -0.1) is 0 Å². The Hall–Kier alpha value is -1.46. The zero-order chi connectivity index (χ0) is 7.28. The van der Waals surface area contributed by atoms with Crippen molar-refractivity contribution < 1.29 is 19.8 Å². The highest BCUT2D eigenvalue weighted by Crippen LogP contribution is 1.76. The average Bonchev–Trinajstić information content (AvgIpc) is 1.83. The molecule has 0 atom stereocenters. The van der Waals surface area contributed by atoms with E-state index in [-0.39, 0.29) is 0 Å². The summed E-state index contributed by atoms with van der Waals surface area (Å²) in [4.78, 5) is 19.3. The topological polar surface area (TPSA) is 99.3 Å². The third-order valence-corrected chi connectivity index (χ3v) is 0.217. The fraction of sp³-hybridized carbons (Fsp3) is 0. The molecule has 2 amide bonds. The molecule has 0 radical (unpaired) electrons. The quantitative estimate of drug-likeness (QED) is 0.460. The van der Waals surface area contributed by atoms with Gasteiger partial charge in [0.15, 0.2) is 0 Å². The van der Waals surface area contributed by atoms with Gasteiger partial charge in [0, 0.05) is 0 Å². The van der Waals surface area contributed by atoms with Crippen molar-refractivity contribution >= 4 is 12.2 Å². The number of azo groups is 1. The summed E-state index contributed by atoms with van der Waals surface area (Å²) in [5.41, 5.74) is 0. The highest BCUT2D eigenvalue weighted by molar-refractivity contribution is 5.70. The van der Waals surface area contributed by atoms with E-state index in [1.165, 1.54) is 0 Å². The number of hydrogen-bond acceptors (Lipinski definition) is 3. The first-order valence-electron chi connectivity index (χ1n) is 1.89. The molecule has 0 saturated heterocycles. The van der Waals surface area contributed by atoms with Crippen LogP contribution in [0.4, 0.5) is 9.59 Å². The molecule has 0 rings (SSSR count). The second-order valence-corrected chi connectivity index (χ2v) is 0.748. The summed E-state index contributed by atoms with van der Waals surface area (Å²) >= 11 is 0. The van der Waals surface area contributed by atoms with Gasteiger partial charge in [0.25, 0.3) is 1.43 Å². The van der Waals surface area contributed by atoms with Gasteiger partial charge in [-0.25, -0.2) is 9.59 Å². The van der Waals surface area contributed by atoms with Crippen molar-refractivity contribution in [2.75, 3.05) is 0 Å². The summed E-state index contributed by atoms with van der Waals surface area (Å²) in [6.07, 6.45) is -2.97. The first kappa shape index (κ1) is 4.69. The Morgan fingerprint density at radius 2 is 1.88 bits per heavy atom. The molecule has 0 unspecified atom stereocenters. The van der Waals surface area contributed by atoms with E-state index in [0.29, 0.717) is 0 Å². The van der Waals surface area contributed by atoms with Crippen molar-refractivity contribution in [3.05, 3.63) is 0 Å². The predicted molar refractivity (Wildman–Crippen MR) is 20.9 cm³/mol. The van der Waals surface area contributed by atoms with Crippen LogP contribution in [0.2, 0.25) is 0 Å². The van der Waals surface area contributed by atoms with Crippen molar-refractivity contribution in [3.8, 4) is 0 Å². The number of carbonyl (C=O) groups is 2. The summed E-state index contributed by atoms with van der Waals surface area (Å²) in [5.74, 6) is 0. The third-order valence-electron chi connectivity index (χ3n) is 0.217. The van der Waals surface area contributed by atoms with Crippen LogP contribution < -0.4 is 0 Å². The normalized spacial score (nSPS) is 10.8. The highest BCUT2D eigenvalue weighted by Gasteiger charge is 1.91. The van der Waals surface area contributed by atoms with Crippen molar-refractivity contribution in [3.63, 3.8) is 0 Å². The lowest BCUT2D eigenvalue weighted by atomic mass is 11.2. The van der Waals surface area contributed by atoms with E-state index >= 15 is 0 Å². The monoisotopic (exact) mass is 119 g/mol. The van der Waals surface area contributed by atoms with E-state index in [9.17, 15) is 9.59 Å². The molecule has 0 aliphatic rings. The van der Waals surface area contributed by atoms with E-state index in [1.807, 2.05) is 0 Å². The van der Waals surface area contributed by atoms with E-state index < -0.39 is 12.2 Å². The van der Waals surface area contributed by atoms with Crippen molar-refractivity contribution in [2.24, 2.45) is 10.2 Å². The van der Waals surface area contributed by atoms with E-state index in [0.717, 1.165) is 0 Å². The molecule has 0 aromatic carbocycles. The van der Waals surface area contributed by atoms with Gasteiger partial charge in [-0.1, -0.05) is 10.2 Å². The van der Waals surface area contributed by atoms with Gasteiger partial charge in [-0.3, -0.25) is 0 Å². The molecule has 6 heteroatoms. The summed E-state index contributed by atoms with van der Waals surface area (Å²) in [7, 11) is 0. The molecular weight excluding hydrogens is 116 g/mol. The molecule has 0 aromatic rings. The lowest BCUT2D eigenvalue weighted by Gasteiger charge is -1.72. The summed E-state index contributed by atoms with van der Waals surface area (Å²) < 4.78 is 5.86. The first-order chi connectivity index (χ1) is 4.16. The van der Waals surface area contributed by atoms with Gasteiger partial charge in [-0.05, 0) is 0 Å². The smallest absolute Gasteiger partial charge is 0.450 e. The molecule has 0 aromatic heterocycles. The molecule has 8 heavy (non-hydrogen) atoms. The van der Waals surface area contributed by atoms with Crippen LogP contribution in [0.5, 0.6) is 0 Å². The maximum absolute atomic E-state index is 9.78. The Labute approximate surface area is 45.0 Å². The zero-order valence-corrected chi connectivity index (χ0v) is 3.57. The third kappa shape index (κ3) is 4.54. The number of carboxylic acid groups (broad SMARTS) is 2. The average molecular weight is 119 g/mol. The van der Waals surface area contributed by atoms with Gasteiger partial charge in [0.2, 0.25) is 0 Å². The Kier molecular flexibility index (Phi) is 1.57. The maximum Gasteiger partial charge on any atom is 0.450 e. The van der Waals surface area contributed by atoms with Gasteiger partial charge >= 0.3 is 12.2 Å². The second kappa shape index (κ2) is 2.67. The SMILES string of the molecule is [2H]OC(=O)N=NC(=O)O. The van der Waals surface area contributed by atoms with Gasteiger partial charge in [-0.2, -0.15) is 0 Å². The Morgan fingerprint density at radius 1 is 1.38 bits per heavy atom. The largest absolute Gasteiger partial charge is 0.462 e. The minimum atomic E-state index is -1.61. The lowest BCUT2D eigenvalue weighted by molar-refractivity contribution is 0.194. The number of hydrogen-bond donors (Lipinski definition) is 2. The molecule has 0 heterocycles.